The Labute approximate surface area is 227 Å². The van der Waals surface area contributed by atoms with Crippen molar-refractivity contribution in [2.24, 2.45) is 0 Å². The van der Waals surface area contributed by atoms with Gasteiger partial charge in [0.15, 0.2) is 11.5 Å². The van der Waals surface area contributed by atoms with E-state index < -0.39 is 0 Å². The number of nitrogens with one attached hydrogen (secondary N) is 1. The van der Waals surface area contributed by atoms with Gasteiger partial charge in [-0.25, -0.2) is 14.6 Å². The van der Waals surface area contributed by atoms with Crippen molar-refractivity contribution >= 4 is 11.0 Å². The molecule has 0 saturated carbocycles. The number of ether oxygens (including phenoxy) is 1. The first-order valence-corrected chi connectivity index (χ1v) is 14.0. The molecule has 4 aromatic heterocycles. The van der Waals surface area contributed by atoms with Crippen molar-refractivity contribution in [2.45, 2.75) is 57.2 Å². The number of hydrogen-bond donors (Lipinski definition) is 1. The summed E-state index contributed by atoms with van der Waals surface area (Å²) in [5.41, 5.74) is 8.95. The van der Waals surface area contributed by atoms with Crippen LogP contribution in [0.3, 0.4) is 0 Å². The van der Waals surface area contributed by atoms with E-state index in [9.17, 15) is 0 Å². The van der Waals surface area contributed by atoms with Crippen LogP contribution in [0.15, 0.2) is 61.2 Å². The fourth-order valence-corrected chi connectivity index (χ4v) is 6.89. The number of benzene rings is 1. The van der Waals surface area contributed by atoms with Crippen molar-refractivity contribution in [1.82, 2.24) is 34.8 Å². The number of fused-ring (bicyclic) bond motifs is 4. The molecule has 39 heavy (non-hydrogen) atoms. The first-order valence-electron chi connectivity index (χ1n) is 14.0. The maximum Gasteiger partial charge on any atom is 0.181 e. The fourth-order valence-electron chi connectivity index (χ4n) is 6.89. The molecule has 1 aromatic carbocycles. The third-order valence-corrected chi connectivity index (χ3v) is 8.94. The van der Waals surface area contributed by atoms with Crippen LogP contribution in [0, 0.1) is 6.92 Å². The van der Waals surface area contributed by atoms with E-state index in [1.54, 1.807) is 6.20 Å². The Morgan fingerprint density at radius 1 is 0.897 bits per heavy atom. The SMILES string of the molecule is Cc1cccnc1-n1cc(-c2[nH]nc3ncc(-c4ccc5c(c4)CCC(N4C6COCC4C6)CC5)cc23)cn1. The highest BCUT2D eigenvalue weighted by Crippen LogP contribution is 2.38. The second-order valence-corrected chi connectivity index (χ2v) is 11.3. The molecule has 3 atom stereocenters. The maximum atomic E-state index is 5.74. The van der Waals surface area contributed by atoms with Gasteiger partial charge in [0.25, 0.3) is 0 Å². The molecule has 6 heterocycles. The van der Waals surface area contributed by atoms with E-state index >= 15 is 0 Å². The predicted molar refractivity (Wildman–Crippen MR) is 150 cm³/mol. The van der Waals surface area contributed by atoms with Crippen molar-refractivity contribution in [3.63, 3.8) is 0 Å². The Hall–Kier alpha value is -3.88. The Balaban J connectivity index is 1.08. The zero-order chi connectivity index (χ0) is 25.9. The minimum absolute atomic E-state index is 0.646. The second kappa shape index (κ2) is 9.10. The topological polar surface area (TPSA) is 84.8 Å². The summed E-state index contributed by atoms with van der Waals surface area (Å²) in [6.07, 6.45) is 13.7. The summed E-state index contributed by atoms with van der Waals surface area (Å²) >= 11 is 0. The highest BCUT2D eigenvalue weighted by molar-refractivity contribution is 5.93. The van der Waals surface area contributed by atoms with Crippen LogP contribution in [0.2, 0.25) is 0 Å². The van der Waals surface area contributed by atoms with Gasteiger partial charge in [0.2, 0.25) is 0 Å². The lowest BCUT2D eigenvalue weighted by molar-refractivity contribution is -0.148. The van der Waals surface area contributed by atoms with E-state index in [-0.39, 0.29) is 0 Å². The van der Waals surface area contributed by atoms with Crippen molar-refractivity contribution in [1.29, 1.82) is 0 Å². The molecule has 0 spiro atoms. The van der Waals surface area contributed by atoms with E-state index in [0.29, 0.717) is 23.8 Å². The first-order chi connectivity index (χ1) is 19.2. The van der Waals surface area contributed by atoms with Crippen LogP contribution in [-0.2, 0) is 17.6 Å². The van der Waals surface area contributed by atoms with Gasteiger partial charge >= 0.3 is 0 Å². The van der Waals surface area contributed by atoms with Crippen LogP contribution in [-0.4, -0.2) is 66.2 Å². The molecule has 2 bridgehead atoms. The number of aryl methyl sites for hydroxylation is 3. The third kappa shape index (κ3) is 3.89. The summed E-state index contributed by atoms with van der Waals surface area (Å²) < 4.78 is 7.55. The molecule has 8 rings (SSSR count). The third-order valence-electron chi connectivity index (χ3n) is 8.94. The second-order valence-electron chi connectivity index (χ2n) is 11.3. The molecule has 1 N–H and O–H groups in total. The van der Waals surface area contributed by atoms with E-state index in [1.165, 1.54) is 36.0 Å². The number of H-pyrrole nitrogens is 1. The van der Waals surface area contributed by atoms with Crippen molar-refractivity contribution in [3.05, 3.63) is 77.9 Å². The monoisotopic (exact) mass is 517 g/mol. The lowest BCUT2D eigenvalue weighted by atomic mass is 9.87. The van der Waals surface area contributed by atoms with E-state index in [4.69, 9.17) is 9.72 Å². The predicted octanol–water partition coefficient (Wildman–Crippen LogP) is 4.90. The molecule has 2 saturated heterocycles. The molecule has 8 nitrogen and oxygen atoms in total. The quantitative estimate of drug-likeness (QED) is 0.341. The van der Waals surface area contributed by atoms with Gasteiger partial charge in [-0.15, -0.1) is 0 Å². The average Bonchev–Trinajstić information content (AvgIpc) is 3.57. The van der Waals surface area contributed by atoms with Gasteiger partial charge in [-0.2, -0.15) is 10.2 Å². The number of aromatic amines is 1. The van der Waals surface area contributed by atoms with E-state index in [2.05, 4.69) is 49.4 Å². The van der Waals surface area contributed by atoms with Crippen LogP contribution in [0.5, 0.6) is 0 Å². The van der Waals surface area contributed by atoms with Crippen LogP contribution in [0.25, 0.3) is 39.2 Å². The molecule has 3 unspecified atom stereocenters. The largest absolute Gasteiger partial charge is 0.378 e. The zero-order valence-corrected chi connectivity index (χ0v) is 22.0. The number of morpholine rings is 1. The molecule has 2 fully saturated rings. The fraction of sp³-hybridized carbons (Fsp3) is 0.355. The number of pyridine rings is 2. The van der Waals surface area contributed by atoms with Crippen LogP contribution < -0.4 is 0 Å². The molecule has 8 heteroatoms. The molecule has 1 aliphatic carbocycles. The summed E-state index contributed by atoms with van der Waals surface area (Å²) in [5.74, 6) is 0.823. The Bertz CT molecular complexity index is 1670. The lowest BCUT2D eigenvalue weighted by Crippen LogP contribution is -2.66. The van der Waals surface area contributed by atoms with Gasteiger partial charge in [-0.05, 0) is 73.4 Å². The maximum absolute atomic E-state index is 5.74. The molecule has 2 aliphatic heterocycles. The van der Waals surface area contributed by atoms with Crippen LogP contribution >= 0.6 is 0 Å². The van der Waals surface area contributed by atoms with Gasteiger partial charge in [-0.1, -0.05) is 24.3 Å². The summed E-state index contributed by atoms with van der Waals surface area (Å²) in [5, 5.41) is 13.2. The van der Waals surface area contributed by atoms with Crippen molar-refractivity contribution in [3.8, 4) is 28.2 Å². The molecule has 5 aromatic rings. The Kier molecular flexibility index (Phi) is 5.38. The molecular weight excluding hydrogens is 486 g/mol. The summed E-state index contributed by atoms with van der Waals surface area (Å²) in [7, 11) is 0. The van der Waals surface area contributed by atoms with Gasteiger partial charge in [-0.3, -0.25) is 10.00 Å². The Morgan fingerprint density at radius 3 is 2.62 bits per heavy atom. The highest BCUT2D eigenvalue weighted by atomic mass is 16.5. The minimum Gasteiger partial charge on any atom is -0.378 e. The summed E-state index contributed by atoms with van der Waals surface area (Å²) in [6, 6.07) is 15.1. The zero-order valence-electron chi connectivity index (χ0n) is 22.0. The first kappa shape index (κ1) is 23.0. The van der Waals surface area contributed by atoms with Gasteiger partial charge < -0.3 is 4.74 Å². The normalized spacial score (nSPS) is 22.8. The average molecular weight is 518 g/mol. The van der Waals surface area contributed by atoms with Crippen molar-refractivity contribution in [2.75, 3.05) is 13.2 Å². The Morgan fingerprint density at radius 2 is 1.77 bits per heavy atom. The molecule has 3 aliphatic rings. The van der Waals surface area contributed by atoms with E-state index in [1.807, 2.05) is 42.3 Å². The molecular formula is C31H31N7O. The van der Waals surface area contributed by atoms with E-state index in [0.717, 1.165) is 59.6 Å². The van der Waals surface area contributed by atoms with Gasteiger partial charge in [0.05, 0.1) is 25.1 Å². The van der Waals surface area contributed by atoms with Gasteiger partial charge in [0.1, 0.15) is 0 Å². The molecule has 0 amide bonds. The number of hydrogen-bond acceptors (Lipinski definition) is 6. The minimum atomic E-state index is 0.646. The number of nitrogens with zero attached hydrogens (tertiary/aromatic N) is 6. The standard InChI is InChI=1S/C31H31N7O/c1-19-3-2-10-32-31(19)37-16-24(15-34-37)29-28-12-23(14-33-30(28)36-35-29)22-5-4-20-6-8-25(9-7-21(20)11-22)38-26-13-27(38)18-39-17-26/h2-5,10-12,14-16,25-27H,6-9,13,17-18H2,1H3,(H,33,35,36). The number of rotatable bonds is 4. The van der Waals surface area contributed by atoms with Gasteiger partial charge in [0, 0.05) is 53.2 Å². The van der Waals surface area contributed by atoms with Crippen molar-refractivity contribution < 1.29 is 4.74 Å². The summed E-state index contributed by atoms with van der Waals surface area (Å²) in [4.78, 5) is 12.0. The molecule has 0 radical (unpaired) electrons. The smallest absolute Gasteiger partial charge is 0.181 e. The van der Waals surface area contributed by atoms with Crippen LogP contribution in [0.4, 0.5) is 0 Å². The van der Waals surface area contributed by atoms with Crippen LogP contribution in [0.1, 0.15) is 36.0 Å². The lowest BCUT2D eigenvalue weighted by Gasteiger charge is -2.56. The molecule has 196 valence electrons. The summed E-state index contributed by atoms with van der Waals surface area (Å²) in [6.45, 7) is 3.87. The highest BCUT2D eigenvalue weighted by Gasteiger charge is 2.45. The number of aromatic nitrogens is 6.